The average Bonchev–Trinajstić information content (AvgIpc) is 2.64. The van der Waals surface area contributed by atoms with E-state index in [-0.39, 0.29) is 23.6 Å². The molecule has 0 aliphatic heterocycles. The second kappa shape index (κ2) is 8.47. The summed E-state index contributed by atoms with van der Waals surface area (Å²) in [7, 11) is -2.31. The first-order valence-electron chi connectivity index (χ1n) is 7.40. The maximum Gasteiger partial charge on any atom is 0.338 e. The van der Waals surface area contributed by atoms with Crippen LogP contribution in [0.25, 0.3) is 0 Å². The van der Waals surface area contributed by atoms with Crippen LogP contribution in [0.15, 0.2) is 47.4 Å². The number of carbonyl (C=O) groups is 1. The molecule has 1 N–H and O–H groups in total. The van der Waals surface area contributed by atoms with Crippen molar-refractivity contribution in [2.45, 2.75) is 11.5 Å². The van der Waals surface area contributed by atoms with Gasteiger partial charge in [0.2, 0.25) is 10.0 Å². The monoisotopic (exact) mass is 377 g/mol. The first kappa shape index (κ1) is 19.4. The van der Waals surface area contributed by atoms with E-state index in [9.17, 15) is 17.6 Å². The van der Waals surface area contributed by atoms with Crippen molar-refractivity contribution in [1.29, 1.82) is 0 Å². The predicted molar refractivity (Wildman–Crippen MR) is 92.5 cm³/mol. The summed E-state index contributed by atoms with van der Waals surface area (Å²) in [6.07, 6.45) is 5.02. The highest BCUT2D eigenvalue weighted by molar-refractivity contribution is 7.89. The van der Waals surface area contributed by atoms with Gasteiger partial charge in [-0.15, -0.1) is 6.42 Å². The predicted octanol–water partition coefficient (Wildman–Crippen LogP) is 2.10. The summed E-state index contributed by atoms with van der Waals surface area (Å²) in [5.41, 5.74) is 0.523. The zero-order valence-electron chi connectivity index (χ0n) is 13.9. The normalized spacial score (nSPS) is 10.8. The number of hydrogen-bond donors (Lipinski definition) is 1. The average molecular weight is 377 g/mol. The fraction of sp³-hybridized carbons (Fsp3) is 0.167. The Hall–Kier alpha value is -2.89. The molecule has 6 nitrogen and oxygen atoms in total. The molecule has 0 spiro atoms. The Kier molecular flexibility index (Phi) is 6.33. The van der Waals surface area contributed by atoms with Crippen molar-refractivity contribution < 1.29 is 27.1 Å². The number of terminal acetylenes is 1. The quantitative estimate of drug-likeness (QED) is 0.590. The van der Waals surface area contributed by atoms with Crippen molar-refractivity contribution >= 4 is 16.0 Å². The lowest BCUT2D eigenvalue weighted by Crippen LogP contribution is -2.23. The van der Waals surface area contributed by atoms with Crippen LogP contribution in [-0.2, 0) is 21.4 Å². The molecule has 2 aromatic rings. The summed E-state index contributed by atoms with van der Waals surface area (Å²) in [4.78, 5) is 12.1. The Morgan fingerprint density at radius 1 is 1.23 bits per heavy atom. The van der Waals surface area contributed by atoms with Crippen molar-refractivity contribution in [2.24, 2.45) is 0 Å². The molecular weight excluding hydrogens is 361 g/mol. The minimum Gasteiger partial charge on any atom is -0.496 e. The van der Waals surface area contributed by atoms with Gasteiger partial charge in [0.15, 0.2) is 0 Å². The highest BCUT2D eigenvalue weighted by Crippen LogP contribution is 2.21. The molecule has 0 fully saturated rings. The number of carbonyl (C=O) groups excluding carboxylic acids is 1. The molecule has 0 amide bonds. The van der Waals surface area contributed by atoms with E-state index in [1.165, 1.54) is 49.6 Å². The lowest BCUT2D eigenvalue weighted by Gasteiger charge is -2.10. The maximum absolute atomic E-state index is 13.3. The van der Waals surface area contributed by atoms with Crippen LogP contribution in [-0.4, -0.2) is 28.0 Å². The molecule has 0 atom stereocenters. The van der Waals surface area contributed by atoms with Gasteiger partial charge in [-0.3, -0.25) is 0 Å². The molecule has 0 saturated carbocycles. The lowest BCUT2D eigenvalue weighted by atomic mass is 10.2. The van der Waals surface area contributed by atoms with Gasteiger partial charge in [0.25, 0.3) is 0 Å². The fourth-order valence-corrected chi connectivity index (χ4v) is 3.01. The molecule has 8 heteroatoms. The van der Waals surface area contributed by atoms with Gasteiger partial charge in [-0.05, 0) is 42.5 Å². The van der Waals surface area contributed by atoms with Crippen LogP contribution in [0.2, 0.25) is 0 Å². The van der Waals surface area contributed by atoms with E-state index in [1.807, 2.05) is 0 Å². The van der Waals surface area contributed by atoms with Gasteiger partial charge < -0.3 is 9.47 Å². The Morgan fingerprint density at radius 2 is 1.92 bits per heavy atom. The molecule has 0 aromatic heterocycles. The van der Waals surface area contributed by atoms with E-state index in [4.69, 9.17) is 15.9 Å². The molecule has 0 unspecified atom stereocenters. The Bertz CT molecular complexity index is 933. The Labute approximate surface area is 151 Å². The summed E-state index contributed by atoms with van der Waals surface area (Å²) in [5.74, 6) is 1.39. The van der Waals surface area contributed by atoms with Crippen molar-refractivity contribution in [2.75, 3.05) is 13.7 Å². The number of halogens is 1. The summed E-state index contributed by atoms with van der Waals surface area (Å²) in [6.45, 7) is -0.328. The minimum absolute atomic E-state index is 0.0314. The van der Waals surface area contributed by atoms with Crippen molar-refractivity contribution in [3.05, 3.63) is 59.4 Å². The molecule has 0 heterocycles. The summed E-state index contributed by atoms with van der Waals surface area (Å²) in [5, 5.41) is 0. The first-order valence-corrected chi connectivity index (χ1v) is 8.88. The van der Waals surface area contributed by atoms with Crippen LogP contribution >= 0.6 is 0 Å². The van der Waals surface area contributed by atoms with Crippen molar-refractivity contribution in [3.8, 4) is 18.1 Å². The van der Waals surface area contributed by atoms with Crippen LogP contribution in [0.1, 0.15) is 15.9 Å². The number of rotatable bonds is 7. The molecule has 0 bridgehead atoms. The van der Waals surface area contributed by atoms with Gasteiger partial charge in [-0.1, -0.05) is 5.92 Å². The fourth-order valence-electron chi connectivity index (χ4n) is 2.08. The number of nitrogens with one attached hydrogen (secondary N) is 1. The largest absolute Gasteiger partial charge is 0.496 e. The second-order valence-corrected chi connectivity index (χ2v) is 6.85. The number of sulfonamides is 1. The smallest absolute Gasteiger partial charge is 0.338 e. The van der Waals surface area contributed by atoms with Crippen molar-refractivity contribution in [1.82, 2.24) is 4.72 Å². The van der Waals surface area contributed by atoms with Crippen molar-refractivity contribution in [3.63, 3.8) is 0 Å². The lowest BCUT2D eigenvalue weighted by molar-refractivity contribution is 0.0469. The number of methoxy groups -OCH3 is 1. The van der Waals surface area contributed by atoms with E-state index in [2.05, 4.69) is 10.6 Å². The number of benzene rings is 2. The molecule has 0 aliphatic carbocycles. The van der Waals surface area contributed by atoms with E-state index in [0.29, 0.717) is 11.3 Å². The topological polar surface area (TPSA) is 81.7 Å². The van der Waals surface area contributed by atoms with Crippen LogP contribution in [0.3, 0.4) is 0 Å². The molecule has 26 heavy (non-hydrogen) atoms. The summed E-state index contributed by atoms with van der Waals surface area (Å²) in [6, 6.07) is 9.03. The van der Waals surface area contributed by atoms with E-state index < -0.39 is 21.8 Å². The highest BCUT2D eigenvalue weighted by atomic mass is 32.2. The van der Waals surface area contributed by atoms with Gasteiger partial charge in [0.1, 0.15) is 18.2 Å². The van der Waals surface area contributed by atoms with Gasteiger partial charge in [0, 0.05) is 5.56 Å². The third-order valence-corrected chi connectivity index (χ3v) is 4.78. The summed E-state index contributed by atoms with van der Waals surface area (Å²) < 4.78 is 49.5. The molecule has 0 aliphatic rings. The molecule has 0 saturated heterocycles. The number of hydrogen-bond acceptors (Lipinski definition) is 5. The molecular formula is C18H16FNO5S. The molecule has 2 rings (SSSR count). The highest BCUT2D eigenvalue weighted by Gasteiger charge is 2.15. The molecule has 2 aromatic carbocycles. The third-order valence-electron chi connectivity index (χ3n) is 3.37. The zero-order chi connectivity index (χ0) is 19.2. The Morgan fingerprint density at radius 3 is 2.54 bits per heavy atom. The standard InChI is InChI=1S/C18H16FNO5S/c1-3-10-20-26(22,23)16-7-4-13(5-8-16)18(21)25-12-14-11-15(19)6-9-17(14)24-2/h1,4-9,11,20H,10,12H2,2H3. The van der Waals surface area contributed by atoms with Gasteiger partial charge >= 0.3 is 5.97 Å². The molecule has 0 radical (unpaired) electrons. The zero-order valence-corrected chi connectivity index (χ0v) is 14.7. The Balaban J connectivity index is 2.07. The first-order chi connectivity index (χ1) is 12.4. The number of esters is 1. The van der Waals surface area contributed by atoms with Gasteiger partial charge in [-0.25, -0.2) is 17.6 Å². The SMILES string of the molecule is C#CCNS(=O)(=O)c1ccc(C(=O)OCc2cc(F)ccc2OC)cc1. The van der Waals surface area contributed by atoms with Crippen LogP contribution < -0.4 is 9.46 Å². The van der Waals surface area contributed by atoms with Crippen LogP contribution in [0.5, 0.6) is 5.75 Å². The van der Waals surface area contributed by atoms with Gasteiger partial charge in [-0.2, -0.15) is 4.72 Å². The maximum atomic E-state index is 13.3. The van der Waals surface area contributed by atoms with Crippen LogP contribution in [0, 0.1) is 18.2 Å². The van der Waals surface area contributed by atoms with Gasteiger partial charge in [0.05, 0.1) is 24.1 Å². The number of ether oxygens (including phenoxy) is 2. The third kappa shape index (κ3) is 4.81. The van der Waals surface area contributed by atoms with E-state index >= 15 is 0 Å². The van der Waals surface area contributed by atoms with Crippen LogP contribution in [0.4, 0.5) is 4.39 Å². The minimum atomic E-state index is -3.74. The van der Waals surface area contributed by atoms with E-state index in [0.717, 1.165) is 0 Å². The second-order valence-electron chi connectivity index (χ2n) is 5.09. The van der Waals surface area contributed by atoms with E-state index in [1.54, 1.807) is 0 Å². The molecule has 136 valence electrons. The summed E-state index contributed by atoms with van der Waals surface area (Å²) >= 11 is 0.